The van der Waals surface area contributed by atoms with E-state index in [-0.39, 0.29) is 18.0 Å². The smallest absolute Gasteiger partial charge is 0.223 e. The maximum Gasteiger partial charge on any atom is 0.223 e. The predicted octanol–water partition coefficient (Wildman–Crippen LogP) is 2.88. The first kappa shape index (κ1) is 15.8. The fourth-order valence-electron chi connectivity index (χ4n) is 2.96. The summed E-state index contributed by atoms with van der Waals surface area (Å²) in [5, 5.41) is 0. The van der Waals surface area contributed by atoms with Gasteiger partial charge in [-0.2, -0.15) is 0 Å². The minimum atomic E-state index is 0.175. The van der Waals surface area contributed by atoms with Crippen LogP contribution in [0.1, 0.15) is 50.6 Å². The van der Waals surface area contributed by atoms with Crippen molar-refractivity contribution in [3.8, 4) is 5.75 Å². The van der Waals surface area contributed by atoms with E-state index >= 15 is 0 Å². The summed E-state index contributed by atoms with van der Waals surface area (Å²) < 4.78 is 5.19. The Balaban J connectivity index is 1.97. The number of likely N-dealkylation sites (tertiary alicyclic amines) is 1. The average Bonchev–Trinajstić information content (AvgIpc) is 2.96. The number of nitrogens with two attached hydrogens (primary N) is 1. The van der Waals surface area contributed by atoms with Crippen LogP contribution >= 0.6 is 0 Å². The second-order valence-electron chi connectivity index (χ2n) is 5.89. The first-order valence-corrected chi connectivity index (χ1v) is 7.81. The number of carbonyl (C=O) groups excluding carboxylic acids is 1. The molecule has 1 fully saturated rings. The summed E-state index contributed by atoms with van der Waals surface area (Å²) in [6.07, 6.45) is 4.52. The molecule has 1 saturated heterocycles. The van der Waals surface area contributed by atoms with Crippen LogP contribution in [0.5, 0.6) is 5.75 Å². The van der Waals surface area contributed by atoms with E-state index < -0.39 is 0 Å². The van der Waals surface area contributed by atoms with Crippen molar-refractivity contribution in [2.45, 2.75) is 51.1 Å². The van der Waals surface area contributed by atoms with Gasteiger partial charge >= 0.3 is 0 Å². The van der Waals surface area contributed by atoms with Crippen LogP contribution < -0.4 is 10.5 Å². The van der Waals surface area contributed by atoms with E-state index in [1.165, 1.54) is 5.56 Å². The molecule has 0 saturated carbocycles. The van der Waals surface area contributed by atoms with E-state index in [0.717, 1.165) is 38.0 Å². The SMILES string of the molecule is COc1ccc(C2CCCN2C(=O)CCCC(C)N)cc1. The highest BCUT2D eigenvalue weighted by atomic mass is 16.5. The van der Waals surface area contributed by atoms with Crippen LogP contribution in [0.4, 0.5) is 0 Å². The number of hydrogen-bond acceptors (Lipinski definition) is 3. The van der Waals surface area contributed by atoms with E-state index in [0.29, 0.717) is 6.42 Å². The highest BCUT2D eigenvalue weighted by Crippen LogP contribution is 2.33. The first-order valence-electron chi connectivity index (χ1n) is 7.81. The molecule has 1 aliphatic rings. The zero-order chi connectivity index (χ0) is 15.2. The molecule has 2 N–H and O–H groups in total. The third-order valence-electron chi connectivity index (χ3n) is 4.12. The van der Waals surface area contributed by atoms with E-state index in [1.807, 2.05) is 24.0 Å². The molecule has 0 aliphatic carbocycles. The van der Waals surface area contributed by atoms with Crippen LogP contribution in [-0.4, -0.2) is 30.5 Å². The van der Waals surface area contributed by atoms with Gasteiger partial charge in [0.15, 0.2) is 0 Å². The molecular formula is C17H26N2O2. The molecule has 1 amide bonds. The summed E-state index contributed by atoms with van der Waals surface area (Å²) in [6, 6.07) is 8.46. The number of nitrogens with zero attached hydrogens (tertiary/aromatic N) is 1. The normalized spacial score (nSPS) is 19.6. The Morgan fingerprint density at radius 3 is 2.76 bits per heavy atom. The van der Waals surface area contributed by atoms with E-state index in [2.05, 4.69) is 12.1 Å². The van der Waals surface area contributed by atoms with Gasteiger partial charge in [0.25, 0.3) is 0 Å². The largest absolute Gasteiger partial charge is 0.497 e. The molecule has 1 aromatic rings. The Morgan fingerprint density at radius 1 is 1.43 bits per heavy atom. The monoisotopic (exact) mass is 290 g/mol. The fourth-order valence-corrected chi connectivity index (χ4v) is 2.96. The van der Waals surface area contributed by atoms with Gasteiger partial charge in [-0.1, -0.05) is 12.1 Å². The summed E-state index contributed by atoms with van der Waals surface area (Å²) in [7, 11) is 1.67. The van der Waals surface area contributed by atoms with Gasteiger partial charge in [0.2, 0.25) is 5.91 Å². The van der Waals surface area contributed by atoms with Gasteiger partial charge in [0.05, 0.1) is 13.2 Å². The second kappa shape index (κ2) is 7.46. The Labute approximate surface area is 127 Å². The van der Waals surface area contributed by atoms with Gasteiger partial charge < -0.3 is 15.4 Å². The predicted molar refractivity (Wildman–Crippen MR) is 84.2 cm³/mol. The van der Waals surface area contributed by atoms with Gasteiger partial charge in [-0.05, 0) is 50.3 Å². The third-order valence-corrected chi connectivity index (χ3v) is 4.12. The Morgan fingerprint density at radius 2 is 2.14 bits per heavy atom. The van der Waals surface area contributed by atoms with Gasteiger partial charge in [-0.15, -0.1) is 0 Å². The Kier molecular flexibility index (Phi) is 5.62. The van der Waals surface area contributed by atoms with E-state index in [4.69, 9.17) is 10.5 Å². The van der Waals surface area contributed by atoms with Gasteiger partial charge in [0.1, 0.15) is 5.75 Å². The standard InChI is InChI=1S/C17H26N2O2/c1-13(18)5-3-7-17(20)19-12-4-6-16(19)14-8-10-15(21-2)11-9-14/h8-11,13,16H,3-7,12,18H2,1-2H3. The zero-order valence-corrected chi connectivity index (χ0v) is 13.0. The van der Waals surface area contributed by atoms with Gasteiger partial charge in [-0.3, -0.25) is 4.79 Å². The second-order valence-corrected chi connectivity index (χ2v) is 5.89. The summed E-state index contributed by atoms with van der Waals surface area (Å²) in [4.78, 5) is 14.4. The van der Waals surface area contributed by atoms with Crippen molar-refractivity contribution in [1.29, 1.82) is 0 Å². The molecule has 4 nitrogen and oxygen atoms in total. The highest BCUT2D eigenvalue weighted by Gasteiger charge is 2.29. The summed E-state index contributed by atoms with van der Waals surface area (Å²) >= 11 is 0. The lowest BCUT2D eigenvalue weighted by molar-refractivity contribution is -0.132. The van der Waals surface area contributed by atoms with Gasteiger partial charge in [0, 0.05) is 19.0 Å². The number of rotatable bonds is 6. The van der Waals surface area contributed by atoms with Crippen LogP contribution in [0, 0.1) is 0 Å². The molecular weight excluding hydrogens is 264 g/mol. The minimum Gasteiger partial charge on any atom is -0.497 e. The lowest BCUT2D eigenvalue weighted by Crippen LogP contribution is -2.30. The van der Waals surface area contributed by atoms with Crippen LogP contribution in [0.25, 0.3) is 0 Å². The quantitative estimate of drug-likeness (QED) is 0.876. The number of benzene rings is 1. The summed E-state index contributed by atoms with van der Waals surface area (Å²) in [5.74, 6) is 1.11. The van der Waals surface area contributed by atoms with E-state index in [1.54, 1.807) is 7.11 Å². The lowest BCUT2D eigenvalue weighted by atomic mass is 10.0. The highest BCUT2D eigenvalue weighted by molar-refractivity contribution is 5.77. The number of amides is 1. The zero-order valence-electron chi connectivity index (χ0n) is 13.0. The molecule has 4 heteroatoms. The third kappa shape index (κ3) is 4.21. The topological polar surface area (TPSA) is 55.6 Å². The molecule has 1 aliphatic heterocycles. The van der Waals surface area contributed by atoms with Crippen LogP contribution in [-0.2, 0) is 4.79 Å². The van der Waals surface area contributed by atoms with Gasteiger partial charge in [-0.25, -0.2) is 0 Å². The summed E-state index contributed by atoms with van der Waals surface area (Å²) in [6.45, 7) is 2.86. The number of carbonyl (C=O) groups is 1. The number of methoxy groups -OCH3 is 1. The molecule has 21 heavy (non-hydrogen) atoms. The summed E-state index contributed by atoms with van der Waals surface area (Å²) in [5.41, 5.74) is 6.94. The molecule has 116 valence electrons. The van der Waals surface area contributed by atoms with Crippen LogP contribution in [0.15, 0.2) is 24.3 Å². The number of ether oxygens (including phenoxy) is 1. The molecule has 2 atom stereocenters. The van der Waals surface area contributed by atoms with Crippen molar-refractivity contribution >= 4 is 5.91 Å². The molecule has 2 rings (SSSR count). The molecule has 0 radical (unpaired) electrons. The fraction of sp³-hybridized carbons (Fsp3) is 0.588. The van der Waals surface area contributed by atoms with Crippen molar-refractivity contribution in [1.82, 2.24) is 4.90 Å². The van der Waals surface area contributed by atoms with E-state index in [9.17, 15) is 4.79 Å². The maximum absolute atomic E-state index is 12.4. The van der Waals surface area contributed by atoms with Crippen LogP contribution in [0.3, 0.4) is 0 Å². The molecule has 0 bridgehead atoms. The lowest BCUT2D eigenvalue weighted by Gasteiger charge is -2.25. The maximum atomic E-state index is 12.4. The molecule has 2 unspecified atom stereocenters. The molecule has 1 heterocycles. The van der Waals surface area contributed by atoms with Crippen molar-refractivity contribution in [2.24, 2.45) is 5.73 Å². The van der Waals surface area contributed by atoms with Crippen molar-refractivity contribution in [2.75, 3.05) is 13.7 Å². The molecule has 0 aromatic heterocycles. The molecule has 0 spiro atoms. The first-order chi connectivity index (χ1) is 10.1. The minimum absolute atomic E-state index is 0.175. The number of hydrogen-bond donors (Lipinski definition) is 1. The molecule has 1 aromatic carbocycles. The van der Waals surface area contributed by atoms with Crippen LogP contribution in [0.2, 0.25) is 0 Å². The van der Waals surface area contributed by atoms with Crippen molar-refractivity contribution in [3.05, 3.63) is 29.8 Å². The van der Waals surface area contributed by atoms with Crippen molar-refractivity contribution < 1.29 is 9.53 Å². The van der Waals surface area contributed by atoms with Crippen molar-refractivity contribution in [3.63, 3.8) is 0 Å². The average molecular weight is 290 g/mol. The Hall–Kier alpha value is -1.55. The Bertz CT molecular complexity index is 456.